The van der Waals surface area contributed by atoms with Crippen molar-refractivity contribution in [3.05, 3.63) is 30.3 Å². The van der Waals surface area contributed by atoms with Gasteiger partial charge in [0.15, 0.2) is 0 Å². The average molecular weight is 273 g/mol. The van der Waals surface area contributed by atoms with E-state index in [2.05, 4.69) is 34.1 Å². The minimum Gasteiger partial charge on any atom is -0.424 e. The minimum absolute atomic E-state index is 0.289. The summed E-state index contributed by atoms with van der Waals surface area (Å²) in [5, 5.41) is 2.93. The molecule has 2 rings (SSSR count). The van der Waals surface area contributed by atoms with Gasteiger partial charge < -0.3 is 15.0 Å². The number of nitrogens with zero attached hydrogens (tertiary/aromatic N) is 4. The number of hydrogen-bond acceptors (Lipinski definition) is 6. The molecule has 1 heterocycles. The van der Waals surface area contributed by atoms with Crippen molar-refractivity contribution in [2.45, 2.75) is 13.8 Å². The summed E-state index contributed by atoms with van der Waals surface area (Å²) < 4.78 is 5.67. The molecule has 2 aromatic rings. The van der Waals surface area contributed by atoms with Crippen LogP contribution in [-0.4, -0.2) is 35.1 Å². The molecule has 0 atom stereocenters. The van der Waals surface area contributed by atoms with E-state index in [0.717, 1.165) is 13.1 Å². The molecule has 1 N–H and O–H groups in total. The lowest BCUT2D eigenvalue weighted by Crippen LogP contribution is -2.25. The predicted molar refractivity (Wildman–Crippen MR) is 79.5 cm³/mol. The molecule has 106 valence electrons. The molecule has 0 aliphatic carbocycles. The molecule has 0 bridgehead atoms. The third-order valence-electron chi connectivity index (χ3n) is 2.83. The van der Waals surface area contributed by atoms with E-state index in [4.69, 9.17) is 4.74 Å². The smallest absolute Gasteiger partial charge is 0.328 e. The Morgan fingerprint density at radius 1 is 1.05 bits per heavy atom. The standard InChI is InChI=1S/C14H19N5O/c1-4-19(5-2)13-16-12(15-3)17-14(18-13)20-11-9-7-6-8-10-11/h6-10H,4-5H2,1-3H3,(H,15,16,17,18). The summed E-state index contributed by atoms with van der Waals surface area (Å²) in [5.41, 5.74) is 0. The van der Waals surface area contributed by atoms with Crippen molar-refractivity contribution in [1.82, 2.24) is 15.0 Å². The third kappa shape index (κ3) is 3.34. The molecule has 0 saturated carbocycles. The maximum Gasteiger partial charge on any atom is 0.328 e. The van der Waals surface area contributed by atoms with Crippen molar-refractivity contribution in [3.8, 4) is 11.8 Å². The van der Waals surface area contributed by atoms with Crippen LogP contribution in [0.1, 0.15) is 13.8 Å². The zero-order valence-electron chi connectivity index (χ0n) is 12.0. The second-order valence-electron chi connectivity index (χ2n) is 4.08. The van der Waals surface area contributed by atoms with Gasteiger partial charge in [0.05, 0.1) is 0 Å². The number of anilines is 2. The van der Waals surface area contributed by atoms with Crippen molar-refractivity contribution >= 4 is 11.9 Å². The molecule has 0 amide bonds. The molecule has 1 aromatic carbocycles. The fraction of sp³-hybridized carbons (Fsp3) is 0.357. The second-order valence-corrected chi connectivity index (χ2v) is 4.08. The van der Waals surface area contributed by atoms with E-state index in [-0.39, 0.29) is 6.01 Å². The monoisotopic (exact) mass is 273 g/mol. The van der Waals surface area contributed by atoms with E-state index in [9.17, 15) is 0 Å². The van der Waals surface area contributed by atoms with Crippen LogP contribution >= 0.6 is 0 Å². The molecule has 0 aliphatic rings. The van der Waals surface area contributed by atoms with Gasteiger partial charge in [0, 0.05) is 20.1 Å². The van der Waals surface area contributed by atoms with Crippen LogP contribution in [0.4, 0.5) is 11.9 Å². The Bertz CT molecular complexity index is 543. The molecule has 0 fully saturated rings. The summed E-state index contributed by atoms with van der Waals surface area (Å²) in [5.74, 6) is 1.80. The van der Waals surface area contributed by atoms with Gasteiger partial charge in [0.2, 0.25) is 11.9 Å². The number of benzene rings is 1. The Morgan fingerprint density at radius 2 is 1.75 bits per heavy atom. The first kappa shape index (κ1) is 14.0. The van der Waals surface area contributed by atoms with Crippen LogP contribution in [-0.2, 0) is 0 Å². The summed E-state index contributed by atoms with van der Waals surface area (Å²) in [6.07, 6.45) is 0. The van der Waals surface area contributed by atoms with Crippen molar-refractivity contribution in [2.24, 2.45) is 0 Å². The van der Waals surface area contributed by atoms with Gasteiger partial charge in [-0.25, -0.2) is 0 Å². The number of ether oxygens (including phenoxy) is 1. The van der Waals surface area contributed by atoms with E-state index in [1.165, 1.54) is 0 Å². The molecule has 0 aliphatic heterocycles. The SMILES string of the molecule is CCN(CC)c1nc(NC)nc(Oc2ccccc2)n1. The molecular weight excluding hydrogens is 254 g/mol. The van der Waals surface area contributed by atoms with Gasteiger partial charge in [-0.2, -0.15) is 15.0 Å². The summed E-state index contributed by atoms with van der Waals surface area (Å²) >= 11 is 0. The van der Waals surface area contributed by atoms with E-state index >= 15 is 0 Å². The number of nitrogens with one attached hydrogen (secondary N) is 1. The number of rotatable bonds is 6. The highest BCUT2D eigenvalue weighted by Crippen LogP contribution is 2.20. The van der Waals surface area contributed by atoms with Gasteiger partial charge in [-0.15, -0.1) is 0 Å². The zero-order chi connectivity index (χ0) is 14.4. The molecule has 0 radical (unpaired) electrons. The van der Waals surface area contributed by atoms with Crippen molar-refractivity contribution in [3.63, 3.8) is 0 Å². The van der Waals surface area contributed by atoms with E-state index in [1.54, 1.807) is 7.05 Å². The molecule has 6 heteroatoms. The highest BCUT2D eigenvalue weighted by Gasteiger charge is 2.11. The summed E-state index contributed by atoms with van der Waals surface area (Å²) in [6.45, 7) is 5.77. The maximum atomic E-state index is 5.67. The first-order valence-corrected chi connectivity index (χ1v) is 6.68. The molecule has 20 heavy (non-hydrogen) atoms. The van der Waals surface area contributed by atoms with Crippen molar-refractivity contribution < 1.29 is 4.74 Å². The Balaban J connectivity index is 2.30. The van der Waals surface area contributed by atoms with Crippen LogP contribution in [0.3, 0.4) is 0 Å². The molecule has 0 saturated heterocycles. The third-order valence-corrected chi connectivity index (χ3v) is 2.83. The lowest BCUT2D eigenvalue weighted by atomic mass is 10.3. The van der Waals surface area contributed by atoms with Gasteiger partial charge in [0.1, 0.15) is 5.75 Å². The Morgan fingerprint density at radius 3 is 2.35 bits per heavy atom. The molecule has 6 nitrogen and oxygen atoms in total. The summed E-state index contributed by atoms with van der Waals surface area (Å²) in [7, 11) is 1.77. The van der Waals surface area contributed by atoms with Crippen LogP contribution in [0.15, 0.2) is 30.3 Å². The van der Waals surface area contributed by atoms with Crippen LogP contribution in [0, 0.1) is 0 Å². The van der Waals surface area contributed by atoms with E-state index < -0.39 is 0 Å². The highest BCUT2D eigenvalue weighted by atomic mass is 16.5. The van der Waals surface area contributed by atoms with E-state index in [0.29, 0.717) is 17.6 Å². The van der Waals surface area contributed by atoms with Crippen LogP contribution < -0.4 is 15.0 Å². The quantitative estimate of drug-likeness (QED) is 0.872. The number of hydrogen-bond donors (Lipinski definition) is 1. The number of para-hydroxylation sites is 1. The van der Waals surface area contributed by atoms with Crippen LogP contribution in [0.25, 0.3) is 0 Å². The fourth-order valence-corrected chi connectivity index (χ4v) is 1.75. The van der Waals surface area contributed by atoms with Crippen LogP contribution in [0.5, 0.6) is 11.8 Å². The lowest BCUT2D eigenvalue weighted by Gasteiger charge is -2.19. The fourth-order valence-electron chi connectivity index (χ4n) is 1.75. The predicted octanol–water partition coefficient (Wildman–Crippen LogP) is 2.55. The summed E-state index contributed by atoms with van der Waals surface area (Å²) in [4.78, 5) is 15.0. The zero-order valence-corrected chi connectivity index (χ0v) is 12.0. The average Bonchev–Trinajstić information content (AvgIpc) is 2.49. The first-order valence-electron chi connectivity index (χ1n) is 6.68. The van der Waals surface area contributed by atoms with Gasteiger partial charge in [-0.3, -0.25) is 0 Å². The molecule has 0 spiro atoms. The topological polar surface area (TPSA) is 63.2 Å². The Labute approximate surface area is 118 Å². The van der Waals surface area contributed by atoms with Gasteiger partial charge >= 0.3 is 6.01 Å². The first-order chi connectivity index (χ1) is 9.76. The molecular formula is C14H19N5O. The normalized spacial score (nSPS) is 10.2. The second kappa shape index (κ2) is 6.70. The van der Waals surface area contributed by atoms with Crippen molar-refractivity contribution in [1.29, 1.82) is 0 Å². The Hall–Kier alpha value is -2.37. The lowest BCUT2D eigenvalue weighted by molar-refractivity contribution is 0.440. The van der Waals surface area contributed by atoms with Gasteiger partial charge in [-0.05, 0) is 26.0 Å². The minimum atomic E-state index is 0.289. The van der Waals surface area contributed by atoms with Crippen LogP contribution in [0.2, 0.25) is 0 Å². The van der Waals surface area contributed by atoms with Crippen molar-refractivity contribution in [2.75, 3.05) is 30.4 Å². The summed E-state index contributed by atoms with van der Waals surface area (Å²) in [6, 6.07) is 9.75. The van der Waals surface area contributed by atoms with Gasteiger partial charge in [0.25, 0.3) is 0 Å². The number of aromatic nitrogens is 3. The molecule has 1 aromatic heterocycles. The highest BCUT2D eigenvalue weighted by molar-refractivity contribution is 5.38. The van der Waals surface area contributed by atoms with E-state index in [1.807, 2.05) is 35.2 Å². The largest absolute Gasteiger partial charge is 0.424 e. The van der Waals surface area contributed by atoms with Gasteiger partial charge in [-0.1, -0.05) is 18.2 Å². The molecule has 0 unspecified atom stereocenters. The maximum absolute atomic E-state index is 5.67. The Kier molecular flexibility index (Phi) is 4.70.